The Morgan fingerprint density at radius 2 is 1.80 bits per heavy atom. The molecule has 1 fully saturated rings. The highest BCUT2D eigenvalue weighted by Gasteiger charge is 2.72. The Labute approximate surface area is 252 Å². The number of carboxylic acid groups (broad SMARTS) is 1. The molecule has 2 aromatic rings. The van der Waals surface area contributed by atoms with Gasteiger partial charge in [0.05, 0.1) is 11.0 Å². The van der Waals surface area contributed by atoms with Crippen molar-refractivity contribution >= 4 is 23.9 Å². The number of aliphatic carboxylic acids is 1. The largest absolute Gasteiger partial charge is 0.504 e. The Morgan fingerprint density at radius 3 is 2.48 bits per heavy atom. The third kappa shape index (κ3) is 4.34. The van der Waals surface area contributed by atoms with E-state index in [0.29, 0.717) is 24.9 Å². The van der Waals surface area contributed by atoms with Crippen LogP contribution in [0.2, 0.25) is 0 Å². The van der Waals surface area contributed by atoms with Gasteiger partial charge in [0.15, 0.2) is 17.6 Å². The van der Waals surface area contributed by atoms with Gasteiger partial charge in [-0.1, -0.05) is 36.4 Å². The van der Waals surface area contributed by atoms with E-state index in [4.69, 9.17) is 18.9 Å². The number of carbonyl (C=O) groups excluding carboxylic acids is 3. The van der Waals surface area contributed by atoms with E-state index in [2.05, 4.69) is 4.90 Å². The zero-order chi connectivity index (χ0) is 31.6. The fourth-order valence-corrected chi connectivity index (χ4v) is 7.38. The number of likely N-dealkylation sites (N-methyl/N-ethyl adjacent to an activating group) is 1. The zero-order valence-corrected chi connectivity index (χ0v) is 24.4. The van der Waals surface area contributed by atoms with Crippen molar-refractivity contribution in [2.45, 2.75) is 68.5 Å². The number of ether oxygens (including phenoxy) is 4. The molecule has 0 unspecified atom stereocenters. The molecular formula is C32H33NO11. The van der Waals surface area contributed by atoms with Crippen molar-refractivity contribution in [1.29, 1.82) is 0 Å². The molecule has 0 aromatic heterocycles. The summed E-state index contributed by atoms with van der Waals surface area (Å²) in [6.45, 7) is 2.97. The van der Waals surface area contributed by atoms with Crippen LogP contribution in [0.3, 0.4) is 0 Å². The van der Waals surface area contributed by atoms with Gasteiger partial charge in [-0.05, 0) is 51.1 Å². The minimum atomic E-state index is -1.82. The van der Waals surface area contributed by atoms with E-state index in [1.807, 2.05) is 13.1 Å². The summed E-state index contributed by atoms with van der Waals surface area (Å²) >= 11 is 0. The Hall–Kier alpha value is -4.42. The predicted octanol–water partition coefficient (Wildman–Crippen LogP) is 2.15. The summed E-state index contributed by atoms with van der Waals surface area (Å²) in [5.74, 6) is -5.71. The number of benzene rings is 2. The van der Waals surface area contributed by atoms with Gasteiger partial charge in [-0.25, -0.2) is 9.59 Å². The van der Waals surface area contributed by atoms with Gasteiger partial charge in [0, 0.05) is 30.5 Å². The number of likely N-dealkylation sites (tertiary alicyclic amines) is 1. The minimum absolute atomic E-state index is 0.0876. The van der Waals surface area contributed by atoms with Crippen LogP contribution < -0.4 is 4.74 Å². The van der Waals surface area contributed by atoms with Gasteiger partial charge in [-0.3, -0.25) is 9.59 Å². The van der Waals surface area contributed by atoms with E-state index in [0.717, 1.165) is 12.5 Å². The Kier molecular flexibility index (Phi) is 7.16. The maximum absolute atomic E-state index is 13.6. The second kappa shape index (κ2) is 10.6. The number of carbonyl (C=O) groups is 4. The zero-order valence-electron chi connectivity index (χ0n) is 24.4. The minimum Gasteiger partial charge on any atom is -0.504 e. The van der Waals surface area contributed by atoms with Crippen molar-refractivity contribution in [2.75, 3.05) is 13.6 Å². The highest BCUT2D eigenvalue weighted by molar-refractivity contribution is 5.88. The van der Waals surface area contributed by atoms with Crippen molar-refractivity contribution in [3.8, 4) is 11.5 Å². The number of esters is 3. The molecule has 12 heteroatoms. The van der Waals surface area contributed by atoms with Crippen LogP contribution in [0.5, 0.6) is 11.5 Å². The number of hydrogen-bond donors (Lipinski definition) is 3. The summed E-state index contributed by atoms with van der Waals surface area (Å²) in [6, 6.07) is 10.9. The Morgan fingerprint density at radius 1 is 1.07 bits per heavy atom. The van der Waals surface area contributed by atoms with Crippen LogP contribution in [-0.2, 0) is 45.2 Å². The van der Waals surface area contributed by atoms with Crippen LogP contribution in [0.4, 0.5) is 0 Å². The smallest absolute Gasteiger partial charge is 0.349 e. The molecule has 7 atom stereocenters. The van der Waals surface area contributed by atoms with Crippen molar-refractivity contribution in [3.05, 3.63) is 71.0 Å². The second-order valence-electron chi connectivity index (χ2n) is 11.9. The van der Waals surface area contributed by atoms with E-state index in [9.17, 15) is 34.5 Å². The molecule has 6 rings (SSSR count). The molecule has 2 heterocycles. The standard InChI is InChI=1S/C32H33NO11/c1-16(24(41-17(2)34)30(39)44-25(28(36)37)18-7-5-4-6-8-18)29(38)42-21-11-12-32(40)22-15-19-9-10-20(35)26-23(19)31(32,27(21)43-26)13-14-33(22)3/h4-11,16,22,24-25,27,35,40H,12-15H2,1-3H3,(H,36,37)/t16-,22-,24-,25+,27+,31+,32-/m1/s1. The molecule has 2 aliphatic carbocycles. The summed E-state index contributed by atoms with van der Waals surface area (Å²) in [5, 5.41) is 32.7. The molecule has 1 spiro atoms. The topological polar surface area (TPSA) is 169 Å². The first-order chi connectivity index (χ1) is 20.9. The molecular weight excluding hydrogens is 574 g/mol. The number of hydrogen-bond acceptors (Lipinski definition) is 11. The van der Waals surface area contributed by atoms with E-state index >= 15 is 0 Å². The molecule has 2 bridgehead atoms. The molecule has 0 saturated carbocycles. The van der Waals surface area contributed by atoms with Crippen LogP contribution in [-0.4, -0.2) is 81.5 Å². The summed E-state index contributed by atoms with van der Waals surface area (Å²) in [7, 11) is 1.95. The summed E-state index contributed by atoms with van der Waals surface area (Å²) < 4.78 is 22.5. The van der Waals surface area contributed by atoms with E-state index < -0.39 is 59.1 Å². The normalized spacial score (nSPS) is 28.3. The maximum Gasteiger partial charge on any atom is 0.349 e. The first kappa shape index (κ1) is 29.6. The van der Waals surface area contributed by atoms with Crippen LogP contribution in [0.15, 0.2) is 54.3 Å². The van der Waals surface area contributed by atoms with Gasteiger partial charge in [-0.2, -0.15) is 0 Å². The number of rotatable bonds is 8. The maximum atomic E-state index is 13.6. The summed E-state index contributed by atoms with van der Waals surface area (Å²) in [4.78, 5) is 52.7. The highest BCUT2D eigenvalue weighted by Crippen LogP contribution is 2.65. The van der Waals surface area contributed by atoms with Crippen molar-refractivity contribution < 1.29 is 53.4 Å². The number of phenols is 1. The van der Waals surface area contributed by atoms with Crippen molar-refractivity contribution in [2.24, 2.45) is 5.92 Å². The Balaban J connectivity index is 1.28. The SMILES string of the molecule is CC(=O)O[C@@H](C(=O)O[C@H](C(=O)O)c1ccccc1)[C@@H](C)C(=O)OC1=CC[C@@]2(O)[C@H]3Cc4ccc(O)c5c4[C@@]2(CCN3C)[C@H]1O5. The third-order valence-corrected chi connectivity index (χ3v) is 9.48. The highest BCUT2D eigenvalue weighted by atomic mass is 16.6. The molecule has 12 nitrogen and oxygen atoms in total. The Bertz CT molecular complexity index is 1570. The first-order valence-electron chi connectivity index (χ1n) is 14.4. The van der Waals surface area contributed by atoms with Crippen molar-refractivity contribution in [1.82, 2.24) is 4.90 Å². The number of aromatic hydroxyl groups is 1. The lowest BCUT2D eigenvalue weighted by Gasteiger charge is -2.61. The quantitative estimate of drug-likeness (QED) is 0.296. The van der Waals surface area contributed by atoms with Gasteiger partial charge in [0.2, 0.25) is 12.2 Å². The predicted molar refractivity (Wildman–Crippen MR) is 150 cm³/mol. The fourth-order valence-electron chi connectivity index (χ4n) is 7.38. The number of piperidine rings is 1. The number of phenolic OH excluding ortho intramolecular Hbond substituents is 1. The average Bonchev–Trinajstić information content (AvgIpc) is 3.35. The lowest BCUT2D eigenvalue weighted by Crippen LogP contribution is -2.74. The molecule has 2 aromatic carbocycles. The van der Waals surface area contributed by atoms with Crippen LogP contribution >= 0.6 is 0 Å². The summed E-state index contributed by atoms with van der Waals surface area (Å²) in [6.07, 6.45) is -1.73. The van der Waals surface area contributed by atoms with Crippen LogP contribution in [0.1, 0.15) is 49.5 Å². The van der Waals surface area contributed by atoms with Crippen LogP contribution in [0, 0.1) is 5.92 Å². The van der Waals surface area contributed by atoms with E-state index in [1.165, 1.54) is 19.1 Å². The summed E-state index contributed by atoms with van der Waals surface area (Å²) in [5.41, 5.74) is -0.449. The van der Waals surface area contributed by atoms with E-state index in [1.54, 1.807) is 30.3 Å². The monoisotopic (exact) mass is 607 g/mol. The molecule has 3 N–H and O–H groups in total. The molecule has 4 aliphatic rings. The van der Waals surface area contributed by atoms with Crippen LogP contribution in [0.25, 0.3) is 0 Å². The number of carboxylic acids is 1. The van der Waals surface area contributed by atoms with Gasteiger partial charge >= 0.3 is 23.9 Å². The lowest BCUT2D eigenvalue weighted by molar-refractivity contribution is -0.184. The van der Waals surface area contributed by atoms with Gasteiger partial charge in [-0.15, -0.1) is 0 Å². The molecule has 1 saturated heterocycles. The lowest BCUT2D eigenvalue weighted by atomic mass is 9.50. The molecule has 0 amide bonds. The first-order valence-corrected chi connectivity index (χ1v) is 14.4. The number of aliphatic hydroxyl groups is 1. The average molecular weight is 608 g/mol. The molecule has 2 aliphatic heterocycles. The number of nitrogens with zero attached hydrogens (tertiary/aromatic N) is 1. The molecule has 44 heavy (non-hydrogen) atoms. The third-order valence-electron chi connectivity index (χ3n) is 9.48. The fraction of sp³-hybridized carbons (Fsp3) is 0.438. The van der Waals surface area contributed by atoms with Crippen molar-refractivity contribution in [3.63, 3.8) is 0 Å². The second-order valence-corrected chi connectivity index (χ2v) is 11.9. The van der Waals surface area contributed by atoms with E-state index in [-0.39, 0.29) is 35.3 Å². The van der Waals surface area contributed by atoms with Gasteiger partial charge in [0.25, 0.3) is 0 Å². The van der Waals surface area contributed by atoms with Gasteiger partial charge in [0.1, 0.15) is 11.7 Å². The van der Waals surface area contributed by atoms with Gasteiger partial charge < -0.3 is 39.2 Å². The molecule has 232 valence electrons. The molecule has 0 radical (unpaired) electrons.